The third kappa shape index (κ3) is 2.75. The lowest BCUT2D eigenvalue weighted by Gasteiger charge is -2.14. The summed E-state index contributed by atoms with van der Waals surface area (Å²) in [6, 6.07) is 0.203. The first-order valence-corrected chi connectivity index (χ1v) is 7.37. The average molecular weight is 274 g/mol. The molecule has 0 radical (unpaired) electrons. The molecule has 0 bridgehead atoms. The highest BCUT2D eigenvalue weighted by atomic mass is 15.3. The SMILES string of the molecule is CC(NCc1cnn(C)c1)c1nnc2n1CCCCC2. The van der Waals surface area contributed by atoms with E-state index in [1.807, 2.05) is 24.1 Å². The Bertz CT molecular complexity index is 570. The zero-order valence-corrected chi connectivity index (χ0v) is 12.2. The summed E-state index contributed by atoms with van der Waals surface area (Å²) in [5.74, 6) is 2.21. The van der Waals surface area contributed by atoms with E-state index in [1.165, 1.54) is 24.8 Å². The van der Waals surface area contributed by atoms with Crippen LogP contribution < -0.4 is 5.32 Å². The summed E-state index contributed by atoms with van der Waals surface area (Å²) in [5.41, 5.74) is 1.19. The molecule has 1 N–H and O–H groups in total. The first-order chi connectivity index (χ1) is 9.74. The zero-order chi connectivity index (χ0) is 13.9. The molecule has 6 nitrogen and oxygen atoms in total. The fourth-order valence-electron chi connectivity index (χ4n) is 2.75. The van der Waals surface area contributed by atoms with Crippen molar-refractivity contribution in [1.29, 1.82) is 0 Å². The van der Waals surface area contributed by atoms with Crippen molar-refractivity contribution >= 4 is 0 Å². The average Bonchev–Trinajstić information content (AvgIpc) is 2.96. The van der Waals surface area contributed by atoms with Gasteiger partial charge in [-0.25, -0.2) is 0 Å². The molecule has 0 amide bonds. The molecule has 2 aromatic rings. The summed E-state index contributed by atoms with van der Waals surface area (Å²) >= 11 is 0. The molecule has 0 fully saturated rings. The molecule has 2 aromatic heterocycles. The van der Waals surface area contributed by atoms with Crippen molar-refractivity contribution in [2.45, 2.75) is 51.7 Å². The molecule has 0 aliphatic carbocycles. The molecule has 20 heavy (non-hydrogen) atoms. The van der Waals surface area contributed by atoms with Crippen LogP contribution in [0.25, 0.3) is 0 Å². The van der Waals surface area contributed by atoms with Crippen LogP contribution in [0, 0.1) is 0 Å². The molecule has 1 aliphatic heterocycles. The van der Waals surface area contributed by atoms with Crippen LogP contribution >= 0.6 is 0 Å². The van der Waals surface area contributed by atoms with Crippen molar-refractivity contribution in [2.24, 2.45) is 7.05 Å². The van der Waals surface area contributed by atoms with Gasteiger partial charge in [-0.1, -0.05) is 6.42 Å². The normalized spacial score (nSPS) is 16.7. The van der Waals surface area contributed by atoms with E-state index < -0.39 is 0 Å². The summed E-state index contributed by atoms with van der Waals surface area (Å²) in [6.45, 7) is 4.01. The maximum Gasteiger partial charge on any atom is 0.149 e. The second kappa shape index (κ2) is 5.75. The van der Waals surface area contributed by atoms with E-state index in [9.17, 15) is 0 Å². The number of nitrogens with zero attached hydrogens (tertiary/aromatic N) is 5. The summed E-state index contributed by atoms with van der Waals surface area (Å²) in [5, 5.41) is 16.4. The molecule has 108 valence electrons. The van der Waals surface area contributed by atoms with Gasteiger partial charge in [-0.3, -0.25) is 4.68 Å². The summed E-state index contributed by atoms with van der Waals surface area (Å²) in [4.78, 5) is 0. The molecule has 1 unspecified atom stereocenters. The zero-order valence-electron chi connectivity index (χ0n) is 12.2. The highest BCUT2D eigenvalue weighted by Gasteiger charge is 2.18. The first kappa shape index (κ1) is 13.3. The van der Waals surface area contributed by atoms with Crippen LogP contribution in [0.5, 0.6) is 0 Å². The van der Waals surface area contributed by atoms with Gasteiger partial charge < -0.3 is 9.88 Å². The van der Waals surface area contributed by atoms with Crippen LogP contribution in [0.1, 0.15) is 49.4 Å². The minimum Gasteiger partial charge on any atom is -0.314 e. The predicted molar refractivity (Wildman–Crippen MR) is 76.0 cm³/mol. The Morgan fingerprint density at radius 2 is 2.20 bits per heavy atom. The monoisotopic (exact) mass is 274 g/mol. The number of nitrogens with one attached hydrogen (secondary N) is 1. The minimum absolute atomic E-state index is 0.203. The Balaban J connectivity index is 1.68. The quantitative estimate of drug-likeness (QED) is 0.919. The van der Waals surface area contributed by atoms with E-state index in [-0.39, 0.29) is 6.04 Å². The van der Waals surface area contributed by atoms with Crippen molar-refractivity contribution in [3.8, 4) is 0 Å². The standard InChI is InChI=1S/C14H22N6/c1-11(15-8-12-9-16-19(2)10-12)14-18-17-13-6-4-3-5-7-20(13)14/h9-11,15H,3-8H2,1-2H3. The molecular weight excluding hydrogens is 252 g/mol. The van der Waals surface area contributed by atoms with E-state index in [0.29, 0.717) is 0 Å². The van der Waals surface area contributed by atoms with E-state index in [4.69, 9.17) is 0 Å². The molecular formula is C14H22N6. The minimum atomic E-state index is 0.203. The van der Waals surface area contributed by atoms with Crippen molar-refractivity contribution < 1.29 is 0 Å². The number of aryl methyl sites for hydroxylation is 2. The van der Waals surface area contributed by atoms with Crippen molar-refractivity contribution in [2.75, 3.05) is 0 Å². The highest BCUT2D eigenvalue weighted by Crippen LogP contribution is 2.18. The Morgan fingerprint density at radius 1 is 1.30 bits per heavy atom. The smallest absolute Gasteiger partial charge is 0.149 e. The molecule has 3 heterocycles. The Morgan fingerprint density at radius 3 is 3.00 bits per heavy atom. The molecule has 0 saturated carbocycles. The Hall–Kier alpha value is -1.69. The Kier molecular flexibility index (Phi) is 3.82. The summed E-state index contributed by atoms with van der Waals surface area (Å²) in [7, 11) is 1.94. The number of fused-ring (bicyclic) bond motifs is 1. The van der Waals surface area contributed by atoms with Crippen LogP contribution in [0.4, 0.5) is 0 Å². The Labute approximate surface area is 119 Å². The maximum atomic E-state index is 4.39. The number of hydrogen-bond acceptors (Lipinski definition) is 4. The summed E-state index contributed by atoms with van der Waals surface area (Å²) in [6.07, 6.45) is 8.74. The number of hydrogen-bond donors (Lipinski definition) is 1. The predicted octanol–water partition coefficient (Wildman–Crippen LogP) is 1.59. The largest absolute Gasteiger partial charge is 0.314 e. The lowest BCUT2D eigenvalue weighted by atomic mass is 10.2. The van der Waals surface area contributed by atoms with Gasteiger partial charge in [0.1, 0.15) is 11.6 Å². The van der Waals surface area contributed by atoms with Crippen molar-refractivity contribution in [1.82, 2.24) is 29.9 Å². The van der Waals surface area contributed by atoms with Gasteiger partial charge in [0, 0.05) is 38.3 Å². The number of aromatic nitrogens is 5. The highest BCUT2D eigenvalue weighted by molar-refractivity contribution is 5.06. The second-order valence-corrected chi connectivity index (χ2v) is 5.56. The van der Waals surface area contributed by atoms with Crippen LogP contribution in [0.2, 0.25) is 0 Å². The lowest BCUT2D eigenvalue weighted by Crippen LogP contribution is -2.22. The van der Waals surface area contributed by atoms with E-state index in [2.05, 4.69) is 32.1 Å². The molecule has 0 aromatic carbocycles. The van der Waals surface area contributed by atoms with Crippen LogP contribution in [0.15, 0.2) is 12.4 Å². The molecule has 1 aliphatic rings. The molecule has 1 atom stereocenters. The second-order valence-electron chi connectivity index (χ2n) is 5.56. The van der Waals surface area contributed by atoms with Gasteiger partial charge in [0.25, 0.3) is 0 Å². The summed E-state index contributed by atoms with van der Waals surface area (Å²) < 4.78 is 4.12. The maximum absolute atomic E-state index is 4.39. The first-order valence-electron chi connectivity index (χ1n) is 7.37. The van der Waals surface area contributed by atoms with Gasteiger partial charge in [0.2, 0.25) is 0 Å². The van der Waals surface area contributed by atoms with Gasteiger partial charge in [0.05, 0.1) is 12.2 Å². The molecule has 3 rings (SSSR count). The third-order valence-electron chi connectivity index (χ3n) is 3.90. The van der Waals surface area contributed by atoms with Crippen molar-refractivity contribution in [3.63, 3.8) is 0 Å². The van der Waals surface area contributed by atoms with Gasteiger partial charge in [0.15, 0.2) is 0 Å². The van der Waals surface area contributed by atoms with Crippen LogP contribution in [-0.4, -0.2) is 24.5 Å². The van der Waals surface area contributed by atoms with Gasteiger partial charge in [-0.05, 0) is 19.8 Å². The van der Waals surface area contributed by atoms with Gasteiger partial charge >= 0.3 is 0 Å². The van der Waals surface area contributed by atoms with Gasteiger partial charge in [-0.2, -0.15) is 5.10 Å². The molecule has 6 heteroatoms. The van der Waals surface area contributed by atoms with Crippen molar-refractivity contribution in [3.05, 3.63) is 29.6 Å². The van der Waals surface area contributed by atoms with Gasteiger partial charge in [-0.15, -0.1) is 10.2 Å². The fourth-order valence-corrected chi connectivity index (χ4v) is 2.75. The molecule has 0 spiro atoms. The van der Waals surface area contributed by atoms with E-state index in [0.717, 1.165) is 31.2 Å². The van der Waals surface area contributed by atoms with E-state index in [1.54, 1.807) is 0 Å². The fraction of sp³-hybridized carbons (Fsp3) is 0.643. The number of rotatable bonds is 4. The van der Waals surface area contributed by atoms with E-state index >= 15 is 0 Å². The topological polar surface area (TPSA) is 60.6 Å². The lowest BCUT2D eigenvalue weighted by molar-refractivity contribution is 0.502. The molecule has 0 saturated heterocycles. The van der Waals surface area contributed by atoms with Crippen LogP contribution in [-0.2, 0) is 26.6 Å². The van der Waals surface area contributed by atoms with Crippen LogP contribution in [0.3, 0.4) is 0 Å². The third-order valence-corrected chi connectivity index (χ3v) is 3.90.